The molecule has 5 nitrogen and oxygen atoms in total. The third kappa shape index (κ3) is 3.96. The Morgan fingerprint density at radius 1 is 1.18 bits per heavy atom. The zero-order valence-electron chi connectivity index (χ0n) is 15.8. The lowest BCUT2D eigenvalue weighted by atomic mass is 10.1. The number of aromatic nitrogens is 2. The summed E-state index contributed by atoms with van der Waals surface area (Å²) >= 11 is 6.03. The predicted molar refractivity (Wildman–Crippen MR) is 112 cm³/mol. The molecule has 1 aliphatic heterocycles. The largest absolute Gasteiger partial charge is 0.350 e. The minimum absolute atomic E-state index is 0.104. The highest BCUT2D eigenvalue weighted by Crippen LogP contribution is 2.25. The molecule has 1 aromatic heterocycles. The van der Waals surface area contributed by atoms with E-state index in [2.05, 4.69) is 17.3 Å². The summed E-state index contributed by atoms with van der Waals surface area (Å²) in [4.78, 5) is 15.3. The van der Waals surface area contributed by atoms with Crippen molar-refractivity contribution < 1.29 is 4.79 Å². The highest BCUT2D eigenvalue weighted by molar-refractivity contribution is 6.30. The number of hydrogen-bond donors (Lipinski definition) is 1. The van der Waals surface area contributed by atoms with Crippen LogP contribution in [0.5, 0.6) is 0 Å². The Kier molecular flexibility index (Phi) is 5.46. The van der Waals surface area contributed by atoms with Gasteiger partial charge in [-0.2, -0.15) is 5.10 Å². The van der Waals surface area contributed by atoms with Crippen LogP contribution in [0.4, 0.5) is 0 Å². The van der Waals surface area contributed by atoms with E-state index in [4.69, 9.17) is 16.7 Å². The average molecular weight is 395 g/mol. The van der Waals surface area contributed by atoms with Crippen LogP contribution in [0.3, 0.4) is 0 Å². The molecule has 1 unspecified atom stereocenters. The molecule has 0 radical (unpaired) electrons. The first-order valence-corrected chi connectivity index (χ1v) is 9.89. The van der Waals surface area contributed by atoms with Gasteiger partial charge in [-0.3, -0.25) is 4.79 Å². The smallest absolute Gasteiger partial charge is 0.255 e. The number of rotatable bonds is 5. The number of likely N-dealkylation sites (tertiary alicyclic amines) is 1. The summed E-state index contributed by atoms with van der Waals surface area (Å²) in [5.41, 5.74) is 2.99. The molecule has 2 heterocycles. The number of halogens is 1. The fraction of sp³-hybridized carbons (Fsp3) is 0.273. The molecule has 6 heteroatoms. The number of nitrogens with zero attached hydrogens (tertiary/aromatic N) is 3. The third-order valence-electron chi connectivity index (χ3n) is 5.27. The maximum absolute atomic E-state index is 13.0. The van der Waals surface area contributed by atoms with Crippen LogP contribution < -0.4 is 5.32 Å². The number of carbonyl (C=O) groups excluding carboxylic acids is 1. The van der Waals surface area contributed by atoms with Crippen LogP contribution in [0, 0.1) is 0 Å². The minimum Gasteiger partial charge on any atom is -0.350 e. The Labute approximate surface area is 169 Å². The van der Waals surface area contributed by atoms with Crippen molar-refractivity contribution in [2.24, 2.45) is 0 Å². The van der Waals surface area contributed by atoms with Crippen molar-refractivity contribution in [1.29, 1.82) is 0 Å². The molecule has 1 fully saturated rings. The van der Waals surface area contributed by atoms with Gasteiger partial charge in [0, 0.05) is 29.4 Å². The summed E-state index contributed by atoms with van der Waals surface area (Å²) in [6, 6.07) is 17.6. The molecular weight excluding hydrogens is 372 g/mol. The lowest BCUT2D eigenvalue weighted by Crippen LogP contribution is -2.38. The molecule has 0 spiro atoms. The molecule has 1 atom stereocenters. The SMILES string of the molecule is CN1CCCC1CNC(=O)c1cn(-c2ccccc2)nc1-c1ccc(Cl)cc1. The van der Waals surface area contributed by atoms with Crippen LogP contribution in [0.2, 0.25) is 5.02 Å². The second-order valence-corrected chi connectivity index (χ2v) is 7.60. The second-order valence-electron chi connectivity index (χ2n) is 7.17. The topological polar surface area (TPSA) is 50.2 Å². The van der Waals surface area contributed by atoms with E-state index in [1.165, 1.54) is 6.42 Å². The number of nitrogens with one attached hydrogen (secondary N) is 1. The minimum atomic E-state index is -0.104. The van der Waals surface area contributed by atoms with Crippen LogP contribution in [-0.4, -0.2) is 46.8 Å². The molecule has 28 heavy (non-hydrogen) atoms. The summed E-state index contributed by atoms with van der Waals surface area (Å²) < 4.78 is 1.75. The van der Waals surface area contributed by atoms with Crippen molar-refractivity contribution in [2.45, 2.75) is 18.9 Å². The summed E-state index contributed by atoms with van der Waals surface area (Å²) in [5, 5.41) is 8.45. The van der Waals surface area contributed by atoms with Crippen molar-refractivity contribution in [1.82, 2.24) is 20.0 Å². The number of benzene rings is 2. The van der Waals surface area contributed by atoms with E-state index in [0.717, 1.165) is 24.2 Å². The van der Waals surface area contributed by atoms with Gasteiger partial charge in [-0.15, -0.1) is 0 Å². The standard InChI is InChI=1S/C22H23ClN4O/c1-26-13-5-8-19(26)14-24-22(28)20-15-27(18-6-3-2-4-7-18)25-21(20)16-9-11-17(23)12-10-16/h2-4,6-7,9-12,15,19H,5,8,13-14H2,1H3,(H,24,28). The molecule has 1 N–H and O–H groups in total. The Hall–Kier alpha value is -2.63. The van der Waals surface area contributed by atoms with Crippen LogP contribution in [0.25, 0.3) is 16.9 Å². The van der Waals surface area contributed by atoms with Gasteiger partial charge in [-0.05, 0) is 50.7 Å². The van der Waals surface area contributed by atoms with Crippen LogP contribution >= 0.6 is 11.6 Å². The van der Waals surface area contributed by atoms with Gasteiger partial charge in [-0.1, -0.05) is 41.9 Å². The Morgan fingerprint density at radius 3 is 2.61 bits per heavy atom. The van der Waals surface area contributed by atoms with Crippen molar-refractivity contribution in [3.05, 3.63) is 71.4 Å². The second kappa shape index (κ2) is 8.17. The Bertz CT molecular complexity index is 952. The highest BCUT2D eigenvalue weighted by atomic mass is 35.5. The third-order valence-corrected chi connectivity index (χ3v) is 5.52. The molecule has 1 aliphatic rings. The molecule has 0 bridgehead atoms. The molecule has 4 rings (SSSR count). The summed E-state index contributed by atoms with van der Waals surface area (Å²) in [5.74, 6) is -0.104. The van der Waals surface area contributed by atoms with E-state index in [9.17, 15) is 4.79 Å². The van der Waals surface area contributed by atoms with E-state index in [-0.39, 0.29) is 5.91 Å². The molecular formula is C22H23ClN4O. The van der Waals surface area contributed by atoms with Crippen LogP contribution in [-0.2, 0) is 0 Å². The van der Waals surface area contributed by atoms with Gasteiger partial charge in [0.2, 0.25) is 0 Å². The quantitative estimate of drug-likeness (QED) is 0.711. The first kappa shape index (κ1) is 18.7. The van der Waals surface area contributed by atoms with Gasteiger partial charge >= 0.3 is 0 Å². The van der Waals surface area contributed by atoms with Crippen molar-refractivity contribution in [3.63, 3.8) is 0 Å². The number of likely N-dealkylation sites (N-methyl/N-ethyl adjacent to an activating group) is 1. The molecule has 0 saturated carbocycles. The molecule has 1 saturated heterocycles. The Balaban J connectivity index is 1.64. The fourth-order valence-corrected chi connectivity index (χ4v) is 3.74. The first-order valence-electron chi connectivity index (χ1n) is 9.51. The van der Waals surface area contributed by atoms with E-state index < -0.39 is 0 Å². The Morgan fingerprint density at radius 2 is 1.93 bits per heavy atom. The van der Waals surface area contributed by atoms with Gasteiger partial charge in [0.05, 0.1) is 11.3 Å². The zero-order valence-corrected chi connectivity index (χ0v) is 16.6. The monoisotopic (exact) mass is 394 g/mol. The van der Waals surface area contributed by atoms with Crippen LogP contribution in [0.1, 0.15) is 23.2 Å². The number of amides is 1. The van der Waals surface area contributed by atoms with Gasteiger partial charge in [0.25, 0.3) is 5.91 Å². The van der Waals surface area contributed by atoms with E-state index in [1.54, 1.807) is 10.9 Å². The molecule has 144 valence electrons. The van der Waals surface area contributed by atoms with Crippen molar-refractivity contribution >= 4 is 17.5 Å². The maximum atomic E-state index is 13.0. The number of carbonyl (C=O) groups is 1. The number of hydrogen-bond acceptors (Lipinski definition) is 3. The fourth-order valence-electron chi connectivity index (χ4n) is 3.62. The lowest BCUT2D eigenvalue weighted by Gasteiger charge is -2.19. The maximum Gasteiger partial charge on any atom is 0.255 e. The number of para-hydroxylation sites is 1. The van der Waals surface area contributed by atoms with Crippen molar-refractivity contribution in [3.8, 4) is 16.9 Å². The zero-order chi connectivity index (χ0) is 19.5. The van der Waals surface area contributed by atoms with Gasteiger partial charge < -0.3 is 10.2 Å². The van der Waals surface area contributed by atoms with Crippen molar-refractivity contribution in [2.75, 3.05) is 20.1 Å². The van der Waals surface area contributed by atoms with Gasteiger partial charge in [-0.25, -0.2) is 4.68 Å². The molecule has 1 amide bonds. The van der Waals surface area contributed by atoms with E-state index in [1.807, 2.05) is 54.6 Å². The first-order chi connectivity index (χ1) is 13.6. The van der Waals surface area contributed by atoms with E-state index in [0.29, 0.717) is 28.9 Å². The van der Waals surface area contributed by atoms with E-state index >= 15 is 0 Å². The predicted octanol–water partition coefficient (Wildman–Crippen LogP) is 4.02. The van der Waals surface area contributed by atoms with Crippen LogP contribution in [0.15, 0.2) is 60.8 Å². The summed E-state index contributed by atoms with van der Waals surface area (Å²) in [6.45, 7) is 1.73. The summed E-state index contributed by atoms with van der Waals surface area (Å²) in [7, 11) is 2.11. The lowest BCUT2D eigenvalue weighted by molar-refractivity contribution is 0.0944. The molecule has 0 aliphatic carbocycles. The molecule has 3 aromatic rings. The normalized spacial score (nSPS) is 17.0. The molecule has 2 aromatic carbocycles. The average Bonchev–Trinajstić information content (AvgIpc) is 3.34. The van der Waals surface area contributed by atoms with Gasteiger partial charge in [0.1, 0.15) is 5.69 Å². The highest BCUT2D eigenvalue weighted by Gasteiger charge is 2.23. The van der Waals surface area contributed by atoms with Gasteiger partial charge in [0.15, 0.2) is 0 Å². The summed E-state index contributed by atoms with van der Waals surface area (Å²) in [6.07, 6.45) is 4.09.